The molecule has 1 saturated heterocycles. The molecule has 0 N–H and O–H groups in total. The Bertz CT molecular complexity index is 769. The molecule has 3 rings (SSSR count). The van der Waals surface area contributed by atoms with E-state index in [1.165, 1.54) is 19.5 Å². The molecule has 10 heteroatoms. The number of rotatable bonds is 4. The molecule has 0 saturated carbocycles. The molecule has 1 fully saturated rings. The normalized spacial score (nSPS) is 15.2. The lowest BCUT2D eigenvalue weighted by Gasteiger charge is -2.39. The Kier molecular flexibility index (Phi) is 4.12. The lowest BCUT2D eigenvalue weighted by molar-refractivity contribution is -0.142. The molecule has 1 aliphatic heterocycles. The summed E-state index contributed by atoms with van der Waals surface area (Å²) in [7, 11) is 1.51. The highest BCUT2D eigenvalue weighted by molar-refractivity contribution is 5.35. The second kappa shape index (κ2) is 6.10. The van der Waals surface area contributed by atoms with Gasteiger partial charge in [0, 0.05) is 25.1 Å². The first-order chi connectivity index (χ1) is 11.4. The molecule has 128 valence electrons. The number of nitrogens with zero attached hydrogens (tertiary/aromatic N) is 5. The van der Waals surface area contributed by atoms with E-state index in [2.05, 4.69) is 15.1 Å². The van der Waals surface area contributed by atoms with E-state index >= 15 is 0 Å². The Morgan fingerprint density at radius 2 is 1.92 bits per heavy atom. The third kappa shape index (κ3) is 3.31. The highest BCUT2D eigenvalue weighted by Gasteiger charge is 2.34. The molecular weight excluding hydrogens is 327 g/mol. The first-order valence-electron chi connectivity index (χ1n) is 7.13. The maximum atomic E-state index is 12.7. The maximum Gasteiger partial charge on any atom is 0.435 e. The van der Waals surface area contributed by atoms with Crippen molar-refractivity contribution in [1.82, 2.24) is 19.7 Å². The summed E-state index contributed by atoms with van der Waals surface area (Å²) < 4.78 is 43.8. The van der Waals surface area contributed by atoms with Crippen LogP contribution in [0.1, 0.15) is 5.69 Å². The number of anilines is 1. The van der Waals surface area contributed by atoms with Crippen molar-refractivity contribution in [2.45, 2.75) is 12.7 Å². The van der Waals surface area contributed by atoms with Crippen LogP contribution in [-0.2, 0) is 12.7 Å². The summed E-state index contributed by atoms with van der Waals surface area (Å²) in [6.07, 6.45) is -1.50. The Morgan fingerprint density at radius 1 is 1.25 bits per heavy atom. The number of ether oxygens (including phenoxy) is 1. The van der Waals surface area contributed by atoms with Gasteiger partial charge >= 0.3 is 6.18 Å². The van der Waals surface area contributed by atoms with E-state index in [0.717, 1.165) is 10.7 Å². The van der Waals surface area contributed by atoms with E-state index in [9.17, 15) is 18.0 Å². The fourth-order valence-corrected chi connectivity index (χ4v) is 2.40. The largest absolute Gasteiger partial charge is 0.494 e. The number of hydrogen-bond donors (Lipinski definition) is 0. The van der Waals surface area contributed by atoms with E-state index in [-0.39, 0.29) is 12.5 Å². The van der Waals surface area contributed by atoms with Crippen molar-refractivity contribution in [2.75, 3.05) is 25.1 Å². The van der Waals surface area contributed by atoms with Gasteiger partial charge < -0.3 is 9.64 Å². The van der Waals surface area contributed by atoms with Gasteiger partial charge in [0.05, 0.1) is 26.0 Å². The molecule has 0 aromatic carbocycles. The third-order valence-electron chi connectivity index (χ3n) is 3.68. The Hall–Kier alpha value is -2.65. The van der Waals surface area contributed by atoms with Crippen LogP contribution in [0.15, 0.2) is 29.3 Å². The predicted molar refractivity (Wildman–Crippen MR) is 77.8 cm³/mol. The molecule has 0 atom stereocenters. The molecule has 1 aliphatic rings. The zero-order chi connectivity index (χ0) is 17.3. The van der Waals surface area contributed by atoms with Crippen molar-refractivity contribution < 1.29 is 17.9 Å². The molecule has 0 radical (unpaired) electrons. The van der Waals surface area contributed by atoms with Crippen LogP contribution in [0.5, 0.6) is 5.75 Å². The van der Waals surface area contributed by atoms with Crippen LogP contribution < -0.4 is 15.2 Å². The minimum Gasteiger partial charge on any atom is -0.494 e. The average Bonchev–Trinajstić information content (AvgIpc) is 2.51. The predicted octanol–water partition coefficient (Wildman–Crippen LogP) is 1.20. The first kappa shape index (κ1) is 16.2. The molecule has 2 aromatic rings. The highest BCUT2D eigenvalue weighted by atomic mass is 19.4. The zero-order valence-electron chi connectivity index (χ0n) is 12.7. The van der Waals surface area contributed by atoms with Gasteiger partial charge in [-0.25, -0.2) is 14.6 Å². The minimum atomic E-state index is -4.57. The second-order valence-corrected chi connectivity index (χ2v) is 5.43. The number of alkyl halides is 3. The molecule has 0 unspecified atom stereocenters. The molecule has 24 heavy (non-hydrogen) atoms. The van der Waals surface area contributed by atoms with Crippen LogP contribution in [0.2, 0.25) is 0 Å². The number of hydrogen-bond acceptors (Lipinski definition) is 6. The number of methoxy groups -OCH3 is 1. The SMILES string of the molecule is COc1cnc(N2CC(Cn3nc(C(F)(F)F)ccc3=O)C2)nc1. The molecule has 0 spiro atoms. The molecule has 2 aromatic heterocycles. The number of aromatic nitrogens is 4. The van der Waals surface area contributed by atoms with Crippen LogP contribution in [0.25, 0.3) is 0 Å². The van der Waals surface area contributed by atoms with Crippen molar-refractivity contribution in [3.63, 3.8) is 0 Å². The van der Waals surface area contributed by atoms with Gasteiger partial charge in [0.2, 0.25) is 5.95 Å². The number of halogens is 3. The van der Waals surface area contributed by atoms with Crippen molar-refractivity contribution in [3.05, 3.63) is 40.6 Å². The third-order valence-corrected chi connectivity index (χ3v) is 3.68. The summed E-state index contributed by atoms with van der Waals surface area (Å²) in [5.74, 6) is 1.05. The summed E-state index contributed by atoms with van der Waals surface area (Å²) in [5.41, 5.74) is -1.63. The summed E-state index contributed by atoms with van der Waals surface area (Å²) in [6.45, 7) is 1.20. The van der Waals surface area contributed by atoms with Gasteiger partial charge in [0.15, 0.2) is 11.4 Å². The lowest BCUT2D eigenvalue weighted by atomic mass is 10.0. The van der Waals surface area contributed by atoms with Crippen molar-refractivity contribution in [2.24, 2.45) is 5.92 Å². The van der Waals surface area contributed by atoms with Crippen LogP contribution in [0.3, 0.4) is 0 Å². The maximum absolute atomic E-state index is 12.7. The first-order valence-corrected chi connectivity index (χ1v) is 7.13. The van der Waals surface area contributed by atoms with Gasteiger partial charge in [0.25, 0.3) is 5.56 Å². The fourth-order valence-electron chi connectivity index (χ4n) is 2.40. The second-order valence-electron chi connectivity index (χ2n) is 5.43. The summed E-state index contributed by atoms with van der Waals surface area (Å²) in [4.78, 5) is 21.8. The van der Waals surface area contributed by atoms with Gasteiger partial charge in [-0.2, -0.15) is 18.3 Å². The summed E-state index contributed by atoms with van der Waals surface area (Å²) in [5, 5.41) is 3.40. The van der Waals surface area contributed by atoms with Gasteiger partial charge in [-0.3, -0.25) is 4.79 Å². The van der Waals surface area contributed by atoms with Crippen molar-refractivity contribution >= 4 is 5.95 Å². The smallest absolute Gasteiger partial charge is 0.435 e. The minimum absolute atomic E-state index is 0.00406. The van der Waals surface area contributed by atoms with E-state index in [4.69, 9.17) is 4.74 Å². The van der Waals surface area contributed by atoms with E-state index in [1.54, 1.807) is 0 Å². The summed E-state index contributed by atoms with van der Waals surface area (Å²) >= 11 is 0. The topological polar surface area (TPSA) is 73.1 Å². The lowest BCUT2D eigenvalue weighted by Crippen LogP contribution is -2.50. The standard InChI is InChI=1S/C14H14F3N5O2/c1-24-10-4-18-13(19-5-10)21-6-9(7-21)8-22-12(23)3-2-11(20-22)14(15,16)17/h2-5,9H,6-8H2,1H3. The molecule has 7 nitrogen and oxygen atoms in total. The van der Waals surface area contributed by atoms with Crippen LogP contribution in [0.4, 0.5) is 19.1 Å². The quantitative estimate of drug-likeness (QED) is 0.832. The van der Waals surface area contributed by atoms with Crippen molar-refractivity contribution in [1.29, 1.82) is 0 Å². The van der Waals surface area contributed by atoms with Crippen LogP contribution >= 0.6 is 0 Å². The van der Waals surface area contributed by atoms with E-state index < -0.39 is 17.4 Å². The van der Waals surface area contributed by atoms with Gasteiger partial charge in [-0.05, 0) is 6.07 Å². The van der Waals surface area contributed by atoms with Crippen LogP contribution in [-0.4, -0.2) is 39.9 Å². The van der Waals surface area contributed by atoms with Gasteiger partial charge in [-0.1, -0.05) is 0 Å². The van der Waals surface area contributed by atoms with Gasteiger partial charge in [0.1, 0.15) is 0 Å². The monoisotopic (exact) mass is 341 g/mol. The van der Waals surface area contributed by atoms with E-state index in [1.807, 2.05) is 4.90 Å². The molecule has 0 bridgehead atoms. The zero-order valence-corrected chi connectivity index (χ0v) is 12.7. The molecule has 0 aliphatic carbocycles. The Labute approximate surface area is 134 Å². The highest BCUT2D eigenvalue weighted by Crippen LogP contribution is 2.27. The fraction of sp³-hybridized carbons (Fsp3) is 0.429. The molecule has 3 heterocycles. The van der Waals surface area contributed by atoms with Crippen molar-refractivity contribution in [3.8, 4) is 5.75 Å². The van der Waals surface area contributed by atoms with Crippen LogP contribution in [0, 0.1) is 5.92 Å². The Balaban J connectivity index is 1.64. The molecular formula is C14H14F3N5O2. The van der Waals surface area contributed by atoms with E-state index in [0.29, 0.717) is 30.9 Å². The van der Waals surface area contributed by atoms with Gasteiger partial charge in [-0.15, -0.1) is 0 Å². The Morgan fingerprint density at radius 3 is 2.50 bits per heavy atom. The average molecular weight is 341 g/mol. The molecule has 0 amide bonds. The summed E-state index contributed by atoms with van der Waals surface area (Å²) in [6, 6.07) is 1.58.